The number of ether oxygens (including phenoxy) is 2. The molecule has 2 aliphatic heterocycles. The van der Waals surface area contributed by atoms with E-state index in [0.717, 1.165) is 9.80 Å². The summed E-state index contributed by atoms with van der Waals surface area (Å²) in [5, 5.41) is 4.95. The number of hydrogen-bond donors (Lipinski definition) is 2. The Labute approximate surface area is 212 Å². The van der Waals surface area contributed by atoms with E-state index >= 15 is 0 Å². The van der Waals surface area contributed by atoms with Gasteiger partial charge in [-0.05, 0) is 57.5 Å². The van der Waals surface area contributed by atoms with E-state index in [1.54, 1.807) is 41.5 Å². The number of alkyl carbamates (subject to hydrolysis) is 2. The van der Waals surface area contributed by atoms with E-state index in [4.69, 9.17) is 9.47 Å². The Kier molecular flexibility index (Phi) is 10.6. The van der Waals surface area contributed by atoms with Gasteiger partial charge in [0, 0.05) is 44.4 Å². The summed E-state index contributed by atoms with van der Waals surface area (Å²) < 4.78 is 10.2. The first-order valence-electron chi connectivity index (χ1n) is 10.7. The molecule has 0 aromatic heterocycles. The van der Waals surface area contributed by atoms with Gasteiger partial charge in [0.05, 0.1) is 4.48 Å². The third kappa shape index (κ3) is 11.2. The minimum absolute atomic E-state index is 0.114. The van der Waals surface area contributed by atoms with Crippen molar-refractivity contribution >= 4 is 51.7 Å². The molecule has 194 valence electrons. The first-order chi connectivity index (χ1) is 16.0. The summed E-state index contributed by atoms with van der Waals surface area (Å²) in [4.78, 5) is 69.8. The van der Waals surface area contributed by atoms with Crippen LogP contribution < -0.4 is 10.6 Å². The average Bonchev–Trinajstić information content (AvgIpc) is 3.12. The van der Waals surface area contributed by atoms with Crippen LogP contribution in [0.4, 0.5) is 9.59 Å². The molecule has 0 fully saturated rings. The van der Waals surface area contributed by atoms with Crippen molar-refractivity contribution in [3.8, 4) is 0 Å². The van der Waals surface area contributed by atoms with E-state index in [-0.39, 0.29) is 42.5 Å². The monoisotopic (exact) mass is 558 g/mol. The summed E-state index contributed by atoms with van der Waals surface area (Å²) in [7, 11) is 0. The summed E-state index contributed by atoms with van der Waals surface area (Å²) in [5.41, 5.74) is -1.14. The van der Waals surface area contributed by atoms with E-state index in [1.807, 2.05) is 0 Å². The maximum Gasteiger partial charge on any atom is 0.407 e. The molecule has 0 radical (unpaired) electrons. The summed E-state index contributed by atoms with van der Waals surface area (Å²) in [6.45, 7) is 11.1. The molecule has 2 rings (SSSR count). The van der Waals surface area contributed by atoms with Crippen molar-refractivity contribution in [2.45, 2.75) is 52.7 Å². The molecule has 0 atom stereocenters. The van der Waals surface area contributed by atoms with Gasteiger partial charge in [-0.2, -0.15) is 0 Å². The van der Waals surface area contributed by atoms with Crippen LogP contribution in [0, 0.1) is 0 Å². The van der Waals surface area contributed by atoms with Gasteiger partial charge in [0.1, 0.15) is 11.2 Å². The molecule has 2 aliphatic rings. The predicted octanol–water partition coefficient (Wildman–Crippen LogP) is 1.59. The first kappa shape index (κ1) is 29.8. The Morgan fingerprint density at radius 3 is 1.51 bits per heavy atom. The van der Waals surface area contributed by atoms with Crippen LogP contribution in [0.3, 0.4) is 0 Å². The van der Waals surface area contributed by atoms with Crippen molar-refractivity contribution in [3.05, 3.63) is 22.7 Å². The van der Waals surface area contributed by atoms with Crippen LogP contribution in [0.25, 0.3) is 0 Å². The van der Waals surface area contributed by atoms with Gasteiger partial charge in [-0.3, -0.25) is 29.0 Å². The standard InChI is InChI=1S/C11H15BrN2O4.C11H16N2O4/c1-11(2,3)18-10(17)13-4-5-14-8(15)6-7(12)9(14)16;1-11(2,3)17-10(16)12-6-7-13-8(14)4-5-9(13)15/h6H,4-5H2,1-3H3,(H,13,17);4-5H,6-7H2,1-3H3,(H,12,16). The highest BCUT2D eigenvalue weighted by Crippen LogP contribution is 2.17. The van der Waals surface area contributed by atoms with Crippen molar-refractivity contribution < 1.29 is 38.2 Å². The van der Waals surface area contributed by atoms with Gasteiger partial charge in [0.25, 0.3) is 23.6 Å². The van der Waals surface area contributed by atoms with Crippen LogP contribution >= 0.6 is 15.9 Å². The summed E-state index contributed by atoms with van der Waals surface area (Å²) in [6, 6.07) is 0. The number of carbonyl (C=O) groups is 6. The minimum Gasteiger partial charge on any atom is -0.444 e. The van der Waals surface area contributed by atoms with E-state index in [9.17, 15) is 28.8 Å². The normalized spacial score (nSPS) is 15.6. The average molecular weight is 559 g/mol. The Morgan fingerprint density at radius 1 is 0.771 bits per heavy atom. The molecule has 35 heavy (non-hydrogen) atoms. The molecule has 0 aromatic rings. The third-order valence-corrected chi connectivity index (χ3v) is 4.44. The minimum atomic E-state index is -0.575. The van der Waals surface area contributed by atoms with Crippen molar-refractivity contribution in [2.75, 3.05) is 26.2 Å². The largest absolute Gasteiger partial charge is 0.444 e. The molecular weight excluding hydrogens is 528 g/mol. The molecule has 6 amide bonds. The number of carbonyl (C=O) groups excluding carboxylic acids is 6. The molecule has 0 spiro atoms. The lowest BCUT2D eigenvalue weighted by Crippen LogP contribution is -2.40. The van der Waals surface area contributed by atoms with Gasteiger partial charge >= 0.3 is 12.2 Å². The summed E-state index contributed by atoms with van der Waals surface area (Å²) in [5.74, 6) is -1.51. The zero-order chi connectivity index (χ0) is 27.0. The van der Waals surface area contributed by atoms with Gasteiger partial charge in [0.15, 0.2) is 0 Å². The number of imide groups is 2. The van der Waals surface area contributed by atoms with E-state index in [1.165, 1.54) is 18.2 Å². The highest BCUT2D eigenvalue weighted by molar-refractivity contribution is 9.12. The van der Waals surface area contributed by atoms with Crippen molar-refractivity contribution in [2.24, 2.45) is 0 Å². The molecule has 0 aromatic carbocycles. The van der Waals surface area contributed by atoms with Crippen molar-refractivity contribution in [1.82, 2.24) is 20.4 Å². The lowest BCUT2D eigenvalue weighted by atomic mass is 10.2. The lowest BCUT2D eigenvalue weighted by Gasteiger charge is -2.20. The maximum absolute atomic E-state index is 11.5. The zero-order valence-corrected chi connectivity index (χ0v) is 22.2. The fourth-order valence-corrected chi connectivity index (χ4v) is 2.92. The number of amides is 6. The Morgan fingerprint density at radius 2 is 1.17 bits per heavy atom. The number of rotatable bonds is 6. The first-order valence-corrected chi connectivity index (χ1v) is 11.5. The molecule has 12 nitrogen and oxygen atoms in total. The molecule has 0 saturated heterocycles. The molecule has 0 unspecified atom stereocenters. The van der Waals surface area contributed by atoms with Gasteiger partial charge in [0.2, 0.25) is 0 Å². The fourth-order valence-electron chi connectivity index (χ4n) is 2.51. The zero-order valence-electron chi connectivity index (χ0n) is 20.6. The highest BCUT2D eigenvalue weighted by atomic mass is 79.9. The molecule has 0 bridgehead atoms. The number of nitrogens with one attached hydrogen (secondary N) is 2. The van der Waals surface area contributed by atoms with Crippen LogP contribution in [0.1, 0.15) is 41.5 Å². The lowest BCUT2D eigenvalue weighted by molar-refractivity contribution is -0.138. The van der Waals surface area contributed by atoms with Gasteiger partial charge < -0.3 is 20.1 Å². The second-order valence-corrected chi connectivity index (χ2v) is 10.2. The number of hydrogen-bond acceptors (Lipinski definition) is 8. The van der Waals surface area contributed by atoms with E-state index in [0.29, 0.717) is 0 Å². The number of nitrogens with zero attached hydrogens (tertiary/aromatic N) is 2. The third-order valence-electron chi connectivity index (χ3n) is 3.87. The smallest absolute Gasteiger partial charge is 0.407 e. The van der Waals surface area contributed by atoms with Gasteiger partial charge in [-0.1, -0.05) is 0 Å². The predicted molar refractivity (Wildman–Crippen MR) is 128 cm³/mol. The molecule has 0 saturated carbocycles. The van der Waals surface area contributed by atoms with Crippen LogP contribution in [0.5, 0.6) is 0 Å². The van der Waals surface area contributed by atoms with Gasteiger partial charge in [-0.25, -0.2) is 9.59 Å². The van der Waals surface area contributed by atoms with Crippen molar-refractivity contribution in [1.29, 1.82) is 0 Å². The van der Waals surface area contributed by atoms with Crippen LogP contribution in [0.15, 0.2) is 22.7 Å². The van der Waals surface area contributed by atoms with E-state index in [2.05, 4.69) is 26.6 Å². The highest BCUT2D eigenvalue weighted by Gasteiger charge is 2.29. The second-order valence-electron chi connectivity index (χ2n) is 9.31. The second kappa shape index (κ2) is 12.5. The number of halogens is 1. The van der Waals surface area contributed by atoms with Crippen molar-refractivity contribution in [3.63, 3.8) is 0 Å². The molecule has 0 aliphatic carbocycles. The molecule has 2 N–H and O–H groups in total. The Bertz CT molecular complexity index is 913. The maximum atomic E-state index is 11.5. The fraction of sp³-hybridized carbons (Fsp3) is 0.545. The molecule has 13 heteroatoms. The SMILES string of the molecule is CC(C)(C)OC(=O)NCCN1C(=O)C=C(Br)C1=O.CC(C)(C)OC(=O)NCCN1C(=O)C=CC1=O. The topological polar surface area (TPSA) is 151 Å². The van der Waals surface area contributed by atoms with Crippen LogP contribution in [-0.4, -0.2) is 83.0 Å². The van der Waals surface area contributed by atoms with Crippen LogP contribution in [0.2, 0.25) is 0 Å². The molecule has 2 heterocycles. The van der Waals surface area contributed by atoms with E-state index < -0.39 is 35.2 Å². The quantitative estimate of drug-likeness (QED) is 0.466. The Balaban J connectivity index is 0.000000351. The van der Waals surface area contributed by atoms with Gasteiger partial charge in [-0.15, -0.1) is 0 Å². The molecular formula is C22H31BrN4O8. The van der Waals surface area contributed by atoms with Crippen LogP contribution in [-0.2, 0) is 28.7 Å². The Hall–Kier alpha value is -3.22. The summed E-state index contributed by atoms with van der Waals surface area (Å²) in [6.07, 6.45) is 2.47. The summed E-state index contributed by atoms with van der Waals surface area (Å²) >= 11 is 2.98.